The Morgan fingerprint density at radius 2 is 1.64 bits per heavy atom. The second-order valence-electron chi connectivity index (χ2n) is 7.59. The molecule has 4 saturated carbocycles. The summed E-state index contributed by atoms with van der Waals surface area (Å²) in [4.78, 5) is 0. The van der Waals surface area contributed by atoms with Gasteiger partial charge in [-0.15, -0.1) is 12.4 Å². The van der Waals surface area contributed by atoms with Gasteiger partial charge < -0.3 is 10.1 Å². The van der Waals surface area contributed by atoms with Crippen LogP contribution < -0.4 is 10.1 Å². The lowest BCUT2D eigenvalue weighted by molar-refractivity contribution is -0.0206. The fraction of sp³-hybridized carbons (Fsp3) is 0.684. The molecule has 4 aliphatic carbocycles. The summed E-state index contributed by atoms with van der Waals surface area (Å²) in [5, 5.41) is 3.96. The van der Waals surface area contributed by atoms with Gasteiger partial charge in [0.25, 0.3) is 0 Å². The fourth-order valence-corrected chi connectivity index (χ4v) is 5.56. The summed E-state index contributed by atoms with van der Waals surface area (Å²) < 4.78 is 5.77. The smallest absolute Gasteiger partial charge is 0.123 e. The van der Waals surface area contributed by atoms with E-state index in [1.54, 1.807) is 0 Å². The summed E-state index contributed by atoms with van der Waals surface area (Å²) >= 11 is 0. The maximum absolute atomic E-state index is 5.77. The van der Waals surface area contributed by atoms with Crippen molar-refractivity contribution in [2.24, 2.45) is 17.8 Å². The molecule has 0 unspecified atom stereocenters. The van der Waals surface area contributed by atoms with Gasteiger partial charge in [0.05, 0.1) is 6.61 Å². The van der Waals surface area contributed by atoms with E-state index in [-0.39, 0.29) is 12.4 Å². The zero-order chi connectivity index (χ0) is 14.3. The Kier molecular flexibility index (Phi) is 4.70. The molecule has 0 atom stereocenters. The van der Waals surface area contributed by atoms with Crippen molar-refractivity contribution in [2.75, 3.05) is 6.61 Å². The Morgan fingerprint density at radius 1 is 1.05 bits per heavy atom. The van der Waals surface area contributed by atoms with Crippen LogP contribution in [-0.4, -0.2) is 12.1 Å². The largest absolute Gasteiger partial charge is 0.494 e. The molecule has 4 aliphatic rings. The molecule has 1 aromatic carbocycles. The van der Waals surface area contributed by atoms with Crippen molar-refractivity contribution in [2.45, 2.75) is 57.5 Å². The molecule has 3 heteroatoms. The van der Waals surface area contributed by atoms with Crippen LogP contribution in [0.25, 0.3) is 0 Å². The first kappa shape index (κ1) is 16.1. The summed E-state index contributed by atoms with van der Waals surface area (Å²) in [5.74, 6) is 4.07. The van der Waals surface area contributed by atoms with E-state index in [0.29, 0.717) is 5.54 Å². The number of halogens is 1. The first-order valence-electron chi connectivity index (χ1n) is 8.72. The van der Waals surface area contributed by atoms with Crippen molar-refractivity contribution >= 4 is 12.4 Å². The lowest BCUT2D eigenvalue weighted by atomic mass is 9.53. The van der Waals surface area contributed by atoms with Crippen LogP contribution in [0.2, 0.25) is 0 Å². The van der Waals surface area contributed by atoms with Crippen LogP contribution in [0, 0.1) is 17.8 Å². The van der Waals surface area contributed by atoms with Crippen LogP contribution in [0.4, 0.5) is 0 Å². The SMILES string of the molecule is CCOc1ccccc1CNC12CC3CC(CC(C3)C1)C2.Cl. The summed E-state index contributed by atoms with van der Waals surface area (Å²) in [6, 6.07) is 8.50. The van der Waals surface area contributed by atoms with Gasteiger partial charge in [-0.1, -0.05) is 18.2 Å². The van der Waals surface area contributed by atoms with Gasteiger partial charge in [0.15, 0.2) is 0 Å². The molecule has 0 heterocycles. The highest BCUT2D eigenvalue weighted by Gasteiger charge is 2.50. The third kappa shape index (κ3) is 3.00. The molecule has 122 valence electrons. The normalized spacial score (nSPS) is 35.2. The van der Waals surface area contributed by atoms with Crippen LogP contribution in [-0.2, 0) is 6.54 Å². The predicted molar refractivity (Wildman–Crippen MR) is 92.6 cm³/mol. The zero-order valence-electron chi connectivity index (χ0n) is 13.5. The van der Waals surface area contributed by atoms with Gasteiger partial charge in [-0.3, -0.25) is 0 Å². The highest BCUT2D eigenvalue weighted by atomic mass is 35.5. The summed E-state index contributed by atoms with van der Waals surface area (Å²) in [6.45, 7) is 3.76. The maximum atomic E-state index is 5.77. The van der Waals surface area contributed by atoms with E-state index in [1.807, 2.05) is 0 Å². The van der Waals surface area contributed by atoms with Gasteiger partial charge in [-0.2, -0.15) is 0 Å². The number of nitrogens with one attached hydrogen (secondary N) is 1. The topological polar surface area (TPSA) is 21.3 Å². The Bertz CT molecular complexity index is 481. The number of benzene rings is 1. The van der Waals surface area contributed by atoms with Crippen LogP contribution in [0.15, 0.2) is 24.3 Å². The number of ether oxygens (including phenoxy) is 1. The number of hydrogen-bond donors (Lipinski definition) is 1. The van der Waals surface area contributed by atoms with Crippen molar-refractivity contribution in [3.05, 3.63) is 29.8 Å². The molecule has 0 saturated heterocycles. The van der Waals surface area contributed by atoms with E-state index in [4.69, 9.17) is 4.74 Å². The van der Waals surface area contributed by atoms with E-state index in [0.717, 1.165) is 36.7 Å². The Hall–Kier alpha value is -0.730. The van der Waals surface area contributed by atoms with E-state index < -0.39 is 0 Å². The van der Waals surface area contributed by atoms with Crippen molar-refractivity contribution in [3.8, 4) is 5.75 Å². The number of hydrogen-bond acceptors (Lipinski definition) is 2. The van der Waals surface area contributed by atoms with Crippen LogP contribution in [0.1, 0.15) is 51.0 Å². The zero-order valence-corrected chi connectivity index (χ0v) is 14.3. The van der Waals surface area contributed by atoms with E-state index in [2.05, 4.69) is 36.5 Å². The molecule has 0 amide bonds. The minimum atomic E-state index is 0. The summed E-state index contributed by atoms with van der Waals surface area (Å²) in [6.07, 6.45) is 8.77. The van der Waals surface area contributed by atoms with Gasteiger partial charge in [-0.05, 0) is 69.3 Å². The minimum absolute atomic E-state index is 0. The lowest BCUT2D eigenvalue weighted by Crippen LogP contribution is -2.58. The van der Waals surface area contributed by atoms with Crippen LogP contribution in [0.5, 0.6) is 5.75 Å². The van der Waals surface area contributed by atoms with Crippen LogP contribution >= 0.6 is 12.4 Å². The maximum Gasteiger partial charge on any atom is 0.123 e. The van der Waals surface area contributed by atoms with Gasteiger partial charge in [0.1, 0.15) is 5.75 Å². The first-order chi connectivity index (χ1) is 10.3. The minimum Gasteiger partial charge on any atom is -0.494 e. The summed E-state index contributed by atoms with van der Waals surface area (Å²) in [5.41, 5.74) is 1.75. The van der Waals surface area contributed by atoms with Crippen molar-refractivity contribution in [3.63, 3.8) is 0 Å². The monoisotopic (exact) mass is 321 g/mol. The molecule has 1 aromatic rings. The van der Waals surface area contributed by atoms with Crippen molar-refractivity contribution < 1.29 is 4.74 Å². The third-order valence-corrected chi connectivity index (χ3v) is 5.96. The van der Waals surface area contributed by atoms with Gasteiger partial charge >= 0.3 is 0 Å². The number of rotatable bonds is 5. The average molecular weight is 322 g/mol. The predicted octanol–water partition coefficient (Wildman–Crippen LogP) is 4.57. The van der Waals surface area contributed by atoms with Crippen LogP contribution in [0.3, 0.4) is 0 Å². The molecule has 0 radical (unpaired) electrons. The molecule has 2 nitrogen and oxygen atoms in total. The van der Waals surface area contributed by atoms with Gasteiger partial charge in [0.2, 0.25) is 0 Å². The second kappa shape index (κ2) is 6.41. The van der Waals surface area contributed by atoms with E-state index >= 15 is 0 Å². The van der Waals surface area contributed by atoms with Crippen molar-refractivity contribution in [1.82, 2.24) is 5.32 Å². The fourth-order valence-electron chi connectivity index (χ4n) is 5.56. The molecule has 5 rings (SSSR count). The quantitative estimate of drug-likeness (QED) is 0.858. The second-order valence-corrected chi connectivity index (χ2v) is 7.59. The number of para-hydroxylation sites is 1. The summed E-state index contributed by atoms with van der Waals surface area (Å²) in [7, 11) is 0. The molecule has 0 spiro atoms. The standard InChI is InChI=1S/C19H27NO.ClH/c1-2-21-18-6-4-3-5-17(18)13-20-19-10-14-7-15(11-19)9-16(8-14)12-19;/h3-6,14-16,20H,2,7-13H2,1H3;1H. The Balaban J connectivity index is 0.00000144. The Morgan fingerprint density at radius 3 is 2.23 bits per heavy atom. The first-order valence-corrected chi connectivity index (χ1v) is 8.72. The third-order valence-electron chi connectivity index (χ3n) is 5.96. The molecule has 22 heavy (non-hydrogen) atoms. The lowest BCUT2D eigenvalue weighted by Gasteiger charge is -2.57. The van der Waals surface area contributed by atoms with E-state index in [1.165, 1.54) is 44.1 Å². The molecular formula is C19H28ClNO. The molecular weight excluding hydrogens is 294 g/mol. The average Bonchev–Trinajstić information content (AvgIpc) is 2.45. The molecule has 4 bridgehead atoms. The molecule has 0 aliphatic heterocycles. The highest BCUT2D eigenvalue weighted by molar-refractivity contribution is 5.85. The molecule has 4 fully saturated rings. The Labute approximate surface area is 140 Å². The molecule has 1 N–H and O–H groups in total. The molecule has 0 aromatic heterocycles. The van der Waals surface area contributed by atoms with Crippen molar-refractivity contribution in [1.29, 1.82) is 0 Å². The highest BCUT2D eigenvalue weighted by Crippen LogP contribution is 2.55. The van der Waals surface area contributed by atoms with Gasteiger partial charge in [-0.25, -0.2) is 0 Å². The van der Waals surface area contributed by atoms with Gasteiger partial charge in [0, 0.05) is 17.6 Å². The van der Waals surface area contributed by atoms with E-state index in [9.17, 15) is 0 Å².